The molecule has 2 aromatic carbocycles. The van der Waals surface area contributed by atoms with Crippen LogP contribution in [0.5, 0.6) is 0 Å². The van der Waals surface area contributed by atoms with Gasteiger partial charge in [0.15, 0.2) is 0 Å². The van der Waals surface area contributed by atoms with Crippen LogP contribution < -0.4 is 15.7 Å². The van der Waals surface area contributed by atoms with Crippen molar-refractivity contribution in [2.75, 3.05) is 13.2 Å². The predicted octanol–water partition coefficient (Wildman–Crippen LogP) is 3.06. The predicted molar refractivity (Wildman–Crippen MR) is 106 cm³/mol. The number of benzene rings is 2. The van der Waals surface area contributed by atoms with Gasteiger partial charge < -0.3 is 14.5 Å². The number of hydrogen-bond acceptors (Lipinski definition) is 3. The summed E-state index contributed by atoms with van der Waals surface area (Å²) in [6.45, 7) is 9.42. The Bertz CT molecular complexity index is 718. The van der Waals surface area contributed by atoms with Crippen molar-refractivity contribution in [3.05, 3.63) is 60.7 Å². The lowest BCUT2D eigenvalue weighted by molar-refractivity contribution is 0.157. The molecule has 2 aromatic rings. The third-order valence-corrected chi connectivity index (χ3v) is 9.93. The molecule has 4 nitrogen and oxygen atoms in total. The van der Waals surface area contributed by atoms with E-state index >= 15 is 0 Å². The van der Waals surface area contributed by atoms with E-state index in [1.807, 2.05) is 19.1 Å². The molecule has 0 aliphatic carbocycles. The molecule has 5 heteroatoms. The molecular weight excluding hydrogens is 342 g/mol. The standard InChI is InChI=1S/C21H27NO3Si/c1-20(2,3)26(17-11-7-5-8-12-17,18-13-9-6-10-14-18)25-16-21(4)15-24-19(23)22-21/h5-14H,15-16H2,1-4H3,(H,22,23)/t21-/m0/s1. The third-order valence-electron chi connectivity index (χ3n) is 4.95. The Kier molecular flexibility index (Phi) is 4.95. The Morgan fingerprint density at radius 3 is 1.92 bits per heavy atom. The lowest BCUT2D eigenvalue weighted by atomic mass is 10.1. The molecule has 0 bridgehead atoms. The van der Waals surface area contributed by atoms with Gasteiger partial charge in [-0.05, 0) is 22.3 Å². The average molecular weight is 370 g/mol. The van der Waals surface area contributed by atoms with Crippen LogP contribution in [0.25, 0.3) is 0 Å². The molecule has 1 heterocycles. The zero-order chi connectivity index (χ0) is 18.8. The molecule has 1 N–H and O–H groups in total. The first kappa shape index (κ1) is 18.7. The molecule has 3 rings (SSSR count). The molecule has 1 fully saturated rings. The van der Waals surface area contributed by atoms with Crippen LogP contribution in [-0.4, -0.2) is 33.2 Å². The van der Waals surface area contributed by atoms with E-state index in [0.29, 0.717) is 13.2 Å². The molecule has 0 unspecified atom stereocenters. The molecule has 0 aromatic heterocycles. The molecule has 26 heavy (non-hydrogen) atoms. The summed E-state index contributed by atoms with van der Waals surface area (Å²) in [4.78, 5) is 11.5. The number of carbonyl (C=O) groups excluding carboxylic acids is 1. The summed E-state index contributed by atoms with van der Waals surface area (Å²) in [5.74, 6) is 0. The minimum absolute atomic E-state index is 0.0878. The van der Waals surface area contributed by atoms with Crippen molar-refractivity contribution in [2.45, 2.75) is 38.3 Å². The summed E-state index contributed by atoms with van der Waals surface area (Å²) >= 11 is 0. The second kappa shape index (κ2) is 6.89. The summed E-state index contributed by atoms with van der Waals surface area (Å²) in [5.41, 5.74) is -0.510. The molecule has 0 spiro atoms. The fourth-order valence-electron chi connectivity index (χ4n) is 3.65. The summed E-state index contributed by atoms with van der Waals surface area (Å²) in [7, 11) is -2.59. The van der Waals surface area contributed by atoms with Gasteiger partial charge in [-0.25, -0.2) is 4.79 Å². The highest BCUT2D eigenvalue weighted by atomic mass is 28.4. The minimum atomic E-state index is -2.59. The lowest BCUT2D eigenvalue weighted by Crippen LogP contribution is -2.68. The molecule has 0 radical (unpaired) electrons. The van der Waals surface area contributed by atoms with Gasteiger partial charge in [0.05, 0.1) is 12.1 Å². The van der Waals surface area contributed by atoms with E-state index in [1.165, 1.54) is 10.4 Å². The van der Waals surface area contributed by atoms with Gasteiger partial charge in [-0.15, -0.1) is 0 Å². The van der Waals surface area contributed by atoms with Crippen molar-refractivity contribution in [2.24, 2.45) is 0 Å². The van der Waals surface area contributed by atoms with Crippen LogP contribution >= 0.6 is 0 Å². The number of hydrogen-bond donors (Lipinski definition) is 1. The maximum Gasteiger partial charge on any atom is 0.407 e. The Hall–Kier alpha value is -2.11. The highest BCUT2D eigenvalue weighted by molar-refractivity contribution is 6.99. The van der Waals surface area contributed by atoms with Crippen LogP contribution in [-0.2, 0) is 9.16 Å². The van der Waals surface area contributed by atoms with Crippen molar-refractivity contribution in [3.63, 3.8) is 0 Å². The smallest absolute Gasteiger partial charge is 0.407 e. The first-order valence-electron chi connectivity index (χ1n) is 8.97. The van der Waals surface area contributed by atoms with E-state index in [4.69, 9.17) is 9.16 Å². The minimum Gasteiger partial charge on any atom is -0.447 e. The summed E-state index contributed by atoms with van der Waals surface area (Å²) in [6.07, 6.45) is -0.376. The second-order valence-electron chi connectivity index (χ2n) is 8.21. The number of ether oxygens (including phenoxy) is 1. The van der Waals surface area contributed by atoms with Gasteiger partial charge in [0, 0.05) is 0 Å². The summed E-state index contributed by atoms with van der Waals surface area (Å²) in [6, 6.07) is 21.0. The van der Waals surface area contributed by atoms with E-state index in [1.54, 1.807) is 0 Å². The molecule has 1 atom stereocenters. The first-order chi connectivity index (χ1) is 12.3. The van der Waals surface area contributed by atoms with Crippen molar-refractivity contribution in [1.29, 1.82) is 0 Å². The van der Waals surface area contributed by atoms with Crippen LogP contribution in [0.3, 0.4) is 0 Å². The van der Waals surface area contributed by atoms with Gasteiger partial charge >= 0.3 is 6.09 Å². The van der Waals surface area contributed by atoms with Crippen molar-refractivity contribution in [3.8, 4) is 0 Å². The molecule has 1 aliphatic rings. The number of carbonyl (C=O) groups is 1. The zero-order valence-electron chi connectivity index (χ0n) is 15.9. The van der Waals surface area contributed by atoms with Crippen molar-refractivity contribution >= 4 is 24.8 Å². The molecule has 0 saturated carbocycles. The van der Waals surface area contributed by atoms with Crippen LogP contribution in [0.15, 0.2) is 60.7 Å². The Labute approximate surface area is 156 Å². The quantitative estimate of drug-likeness (QED) is 0.824. The normalized spacial score (nSPS) is 20.5. The van der Waals surface area contributed by atoms with E-state index in [2.05, 4.69) is 74.6 Å². The largest absolute Gasteiger partial charge is 0.447 e. The Balaban J connectivity index is 2.07. The number of amides is 1. The van der Waals surface area contributed by atoms with Crippen LogP contribution in [0.1, 0.15) is 27.7 Å². The van der Waals surface area contributed by atoms with Gasteiger partial charge in [-0.3, -0.25) is 0 Å². The fraction of sp³-hybridized carbons (Fsp3) is 0.381. The number of nitrogens with one attached hydrogen (secondary N) is 1. The Morgan fingerprint density at radius 1 is 1.04 bits per heavy atom. The number of cyclic esters (lactones) is 1. The van der Waals surface area contributed by atoms with Crippen molar-refractivity contribution in [1.82, 2.24) is 5.32 Å². The van der Waals surface area contributed by atoms with Crippen molar-refractivity contribution < 1.29 is 14.0 Å². The molecule has 1 saturated heterocycles. The zero-order valence-corrected chi connectivity index (χ0v) is 16.9. The van der Waals surface area contributed by atoms with E-state index in [9.17, 15) is 4.79 Å². The summed E-state index contributed by atoms with van der Waals surface area (Å²) in [5, 5.41) is 5.26. The van der Waals surface area contributed by atoms with Gasteiger partial charge in [0.1, 0.15) is 6.61 Å². The van der Waals surface area contributed by atoms with Crippen LogP contribution in [0, 0.1) is 0 Å². The fourth-order valence-corrected chi connectivity index (χ4v) is 8.34. The van der Waals surface area contributed by atoms with E-state index in [0.717, 1.165) is 0 Å². The maximum atomic E-state index is 11.5. The lowest BCUT2D eigenvalue weighted by Gasteiger charge is -2.44. The number of alkyl carbamates (subject to hydrolysis) is 1. The molecule has 1 amide bonds. The first-order valence-corrected chi connectivity index (χ1v) is 10.9. The molecule has 1 aliphatic heterocycles. The van der Waals surface area contributed by atoms with Crippen LogP contribution in [0.2, 0.25) is 5.04 Å². The van der Waals surface area contributed by atoms with Gasteiger partial charge in [-0.1, -0.05) is 81.4 Å². The maximum absolute atomic E-state index is 11.5. The number of rotatable bonds is 5. The van der Waals surface area contributed by atoms with E-state index < -0.39 is 13.9 Å². The second-order valence-corrected chi connectivity index (χ2v) is 12.5. The van der Waals surface area contributed by atoms with Crippen LogP contribution in [0.4, 0.5) is 4.79 Å². The SMILES string of the molecule is CC(C)(C)[Si](OC[C@]1(C)COC(=O)N1)(c1ccccc1)c1ccccc1. The average Bonchev–Trinajstić information content (AvgIpc) is 2.95. The topological polar surface area (TPSA) is 47.6 Å². The highest BCUT2D eigenvalue weighted by Gasteiger charge is 2.51. The third kappa shape index (κ3) is 3.41. The monoisotopic (exact) mass is 369 g/mol. The Morgan fingerprint density at radius 2 is 1.54 bits per heavy atom. The van der Waals surface area contributed by atoms with Gasteiger partial charge in [-0.2, -0.15) is 0 Å². The van der Waals surface area contributed by atoms with Gasteiger partial charge in [0.2, 0.25) is 0 Å². The van der Waals surface area contributed by atoms with E-state index in [-0.39, 0.29) is 11.1 Å². The highest BCUT2D eigenvalue weighted by Crippen LogP contribution is 2.37. The molecule has 138 valence electrons. The molecular formula is C21H27NO3Si. The summed E-state index contributed by atoms with van der Waals surface area (Å²) < 4.78 is 12.0. The van der Waals surface area contributed by atoms with Gasteiger partial charge in [0.25, 0.3) is 8.32 Å².